The summed E-state index contributed by atoms with van der Waals surface area (Å²) < 4.78 is 1.25. The molecule has 7 heteroatoms. The molecule has 5 nitrogen and oxygen atoms in total. The molecule has 1 aliphatic rings. The van der Waals surface area contributed by atoms with Gasteiger partial charge in [-0.1, -0.05) is 18.2 Å². The van der Waals surface area contributed by atoms with Gasteiger partial charge in [-0.15, -0.1) is 23.1 Å². The number of anilines is 1. The first kappa shape index (κ1) is 19.4. The summed E-state index contributed by atoms with van der Waals surface area (Å²) in [6, 6.07) is 16.3. The highest BCUT2D eigenvalue weighted by molar-refractivity contribution is 7.98. The largest absolute Gasteiger partial charge is 0.325 e. The number of nitrogens with one attached hydrogen (secondary N) is 1. The lowest BCUT2D eigenvalue weighted by Crippen LogP contribution is -2.48. The third-order valence-electron chi connectivity index (χ3n) is 4.88. The van der Waals surface area contributed by atoms with Crippen molar-refractivity contribution >= 4 is 44.9 Å². The number of fused-ring (bicyclic) bond motifs is 1. The van der Waals surface area contributed by atoms with Crippen LogP contribution in [0.4, 0.5) is 5.69 Å². The number of para-hydroxylation sites is 1. The monoisotopic (exact) mass is 412 g/mol. The van der Waals surface area contributed by atoms with Crippen molar-refractivity contribution in [1.29, 1.82) is 0 Å². The van der Waals surface area contributed by atoms with Crippen LogP contribution in [0.2, 0.25) is 0 Å². The van der Waals surface area contributed by atoms with Gasteiger partial charge in [0.2, 0.25) is 5.91 Å². The van der Waals surface area contributed by atoms with Gasteiger partial charge in [0.05, 0.1) is 23.3 Å². The van der Waals surface area contributed by atoms with Gasteiger partial charge in [-0.05, 0) is 36.6 Å². The summed E-state index contributed by atoms with van der Waals surface area (Å²) in [5.74, 6) is 0.0536. The van der Waals surface area contributed by atoms with Crippen molar-refractivity contribution in [2.45, 2.75) is 11.4 Å². The van der Waals surface area contributed by atoms with Gasteiger partial charge in [-0.3, -0.25) is 14.6 Å². The second kappa shape index (κ2) is 9.05. The van der Waals surface area contributed by atoms with Crippen LogP contribution in [-0.4, -0.2) is 59.7 Å². The minimum atomic E-state index is 0.0536. The van der Waals surface area contributed by atoms with E-state index < -0.39 is 0 Å². The Morgan fingerprint density at radius 1 is 1.11 bits per heavy atom. The fourth-order valence-corrected chi connectivity index (χ4v) is 4.86. The molecule has 0 saturated carbocycles. The number of thiazole rings is 1. The zero-order valence-electron chi connectivity index (χ0n) is 15.9. The Labute approximate surface area is 173 Å². The smallest absolute Gasteiger partial charge is 0.238 e. The van der Waals surface area contributed by atoms with E-state index >= 15 is 0 Å². The number of benzene rings is 2. The van der Waals surface area contributed by atoms with Crippen LogP contribution in [0.1, 0.15) is 5.01 Å². The van der Waals surface area contributed by atoms with Gasteiger partial charge < -0.3 is 5.32 Å². The molecule has 0 spiro atoms. The van der Waals surface area contributed by atoms with Gasteiger partial charge in [-0.25, -0.2) is 4.98 Å². The molecule has 2 aromatic carbocycles. The number of aromatic nitrogens is 1. The van der Waals surface area contributed by atoms with E-state index in [0.717, 1.165) is 48.8 Å². The van der Waals surface area contributed by atoms with E-state index in [1.165, 1.54) is 9.71 Å². The number of carbonyl (C=O) groups excluding carboxylic acids is 1. The van der Waals surface area contributed by atoms with Crippen LogP contribution in [0.25, 0.3) is 10.2 Å². The Bertz CT molecular complexity index is 917. The van der Waals surface area contributed by atoms with Gasteiger partial charge in [0, 0.05) is 36.8 Å². The van der Waals surface area contributed by atoms with Gasteiger partial charge >= 0.3 is 0 Å². The maximum Gasteiger partial charge on any atom is 0.238 e. The summed E-state index contributed by atoms with van der Waals surface area (Å²) in [7, 11) is 0. The van der Waals surface area contributed by atoms with Crippen molar-refractivity contribution in [3.05, 3.63) is 53.5 Å². The van der Waals surface area contributed by atoms with Crippen molar-refractivity contribution in [1.82, 2.24) is 14.8 Å². The minimum absolute atomic E-state index is 0.0536. The van der Waals surface area contributed by atoms with Gasteiger partial charge in [0.25, 0.3) is 0 Å². The SMILES string of the molecule is CSc1cccc(NC(=O)CN2CCN(Cc3nc4ccccc4s3)CC2)c1. The molecule has 1 aliphatic heterocycles. The first-order valence-electron chi connectivity index (χ1n) is 9.43. The molecule has 28 heavy (non-hydrogen) atoms. The highest BCUT2D eigenvalue weighted by Gasteiger charge is 2.20. The molecule has 0 bridgehead atoms. The van der Waals surface area contributed by atoms with Crippen LogP contribution in [0.5, 0.6) is 0 Å². The second-order valence-electron chi connectivity index (χ2n) is 6.91. The van der Waals surface area contributed by atoms with Crippen LogP contribution < -0.4 is 5.32 Å². The standard InChI is InChI=1S/C21H24N4OS2/c1-27-17-6-4-5-16(13-17)22-20(26)14-24-9-11-25(12-10-24)15-21-23-18-7-2-3-8-19(18)28-21/h2-8,13H,9-12,14-15H2,1H3,(H,22,26). The molecular formula is C21H24N4OS2. The Morgan fingerprint density at radius 3 is 2.68 bits per heavy atom. The Hall–Kier alpha value is -1.93. The molecule has 1 aromatic heterocycles. The number of hydrogen-bond donors (Lipinski definition) is 1. The lowest BCUT2D eigenvalue weighted by molar-refractivity contribution is -0.117. The molecule has 1 saturated heterocycles. The third-order valence-corrected chi connectivity index (χ3v) is 6.63. The maximum atomic E-state index is 12.4. The lowest BCUT2D eigenvalue weighted by Gasteiger charge is -2.33. The van der Waals surface area contributed by atoms with Gasteiger partial charge in [0.1, 0.15) is 5.01 Å². The number of nitrogens with zero attached hydrogens (tertiary/aromatic N) is 3. The molecular weight excluding hydrogens is 388 g/mol. The van der Waals surface area contributed by atoms with Crippen LogP contribution >= 0.6 is 23.1 Å². The van der Waals surface area contributed by atoms with E-state index in [1.807, 2.05) is 36.6 Å². The number of rotatable bonds is 6. The molecule has 1 amide bonds. The van der Waals surface area contributed by atoms with Crippen molar-refractivity contribution in [2.75, 3.05) is 44.3 Å². The van der Waals surface area contributed by atoms with Crippen LogP contribution in [0, 0.1) is 0 Å². The topological polar surface area (TPSA) is 48.5 Å². The predicted molar refractivity (Wildman–Crippen MR) is 118 cm³/mol. The zero-order valence-corrected chi connectivity index (χ0v) is 17.6. The van der Waals surface area contributed by atoms with Crippen molar-refractivity contribution < 1.29 is 4.79 Å². The fraction of sp³-hybridized carbons (Fsp3) is 0.333. The first-order valence-corrected chi connectivity index (χ1v) is 11.5. The van der Waals surface area contributed by atoms with E-state index in [2.05, 4.69) is 33.3 Å². The van der Waals surface area contributed by atoms with Crippen LogP contribution in [-0.2, 0) is 11.3 Å². The highest BCUT2D eigenvalue weighted by atomic mass is 32.2. The normalized spacial score (nSPS) is 15.8. The Kier molecular flexibility index (Phi) is 6.26. The van der Waals surface area contributed by atoms with E-state index in [9.17, 15) is 4.79 Å². The predicted octanol–water partition coefficient (Wildman–Crippen LogP) is 3.77. The van der Waals surface area contributed by atoms with Crippen LogP contribution in [0.3, 0.4) is 0 Å². The number of thioether (sulfide) groups is 1. The van der Waals surface area contributed by atoms with E-state index in [0.29, 0.717) is 6.54 Å². The van der Waals surface area contributed by atoms with E-state index in [1.54, 1.807) is 23.1 Å². The highest BCUT2D eigenvalue weighted by Crippen LogP contribution is 2.23. The summed E-state index contributed by atoms with van der Waals surface area (Å²) in [6.45, 7) is 5.07. The third kappa shape index (κ3) is 4.91. The van der Waals surface area contributed by atoms with Crippen molar-refractivity contribution in [3.8, 4) is 0 Å². The van der Waals surface area contributed by atoms with Crippen molar-refractivity contribution in [3.63, 3.8) is 0 Å². The summed E-state index contributed by atoms with van der Waals surface area (Å²) >= 11 is 3.45. The minimum Gasteiger partial charge on any atom is -0.325 e. The summed E-state index contributed by atoms with van der Waals surface area (Å²) in [5, 5.41) is 4.18. The molecule has 1 fully saturated rings. The maximum absolute atomic E-state index is 12.4. The summed E-state index contributed by atoms with van der Waals surface area (Å²) in [6.07, 6.45) is 2.04. The Morgan fingerprint density at radius 2 is 1.89 bits per heavy atom. The molecule has 146 valence electrons. The fourth-order valence-electron chi connectivity index (χ4n) is 3.39. The van der Waals surface area contributed by atoms with Crippen LogP contribution in [0.15, 0.2) is 53.4 Å². The number of piperazine rings is 1. The van der Waals surface area contributed by atoms with E-state index in [4.69, 9.17) is 4.98 Å². The number of amides is 1. The molecule has 0 atom stereocenters. The second-order valence-corrected chi connectivity index (χ2v) is 8.90. The molecule has 4 rings (SSSR count). The average Bonchev–Trinajstić information content (AvgIpc) is 3.12. The lowest BCUT2D eigenvalue weighted by atomic mass is 10.3. The quantitative estimate of drug-likeness (QED) is 0.625. The number of hydrogen-bond acceptors (Lipinski definition) is 6. The molecule has 1 N–H and O–H groups in total. The molecule has 0 unspecified atom stereocenters. The van der Waals surface area contributed by atoms with Crippen molar-refractivity contribution in [2.24, 2.45) is 0 Å². The Balaban J connectivity index is 1.25. The summed E-state index contributed by atoms with van der Waals surface area (Å²) in [4.78, 5) is 22.9. The molecule has 0 aliphatic carbocycles. The van der Waals surface area contributed by atoms with E-state index in [-0.39, 0.29) is 5.91 Å². The summed E-state index contributed by atoms with van der Waals surface area (Å²) in [5.41, 5.74) is 1.95. The van der Waals surface area contributed by atoms with Gasteiger partial charge in [-0.2, -0.15) is 0 Å². The van der Waals surface area contributed by atoms with Gasteiger partial charge in [0.15, 0.2) is 0 Å². The molecule has 2 heterocycles. The zero-order chi connectivity index (χ0) is 19.3. The number of carbonyl (C=O) groups is 1. The molecule has 0 radical (unpaired) electrons. The molecule has 3 aromatic rings. The average molecular weight is 413 g/mol. The first-order chi connectivity index (χ1) is 13.7.